The maximum atomic E-state index is 13.4. The number of rotatable bonds is 5. The van der Waals surface area contributed by atoms with Crippen molar-refractivity contribution in [2.24, 2.45) is 7.05 Å². The van der Waals surface area contributed by atoms with Crippen LogP contribution in [0, 0.1) is 12.7 Å². The summed E-state index contributed by atoms with van der Waals surface area (Å²) in [5.74, 6) is 1.67. The Hall–Kier alpha value is -4.14. The Kier molecular flexibility index (Phi) is 4.85. The standard InChI is InChI=1S/C23H21FN8/c1-4-17-22(15-5-7-16(24)8-6-15)31(3)30-23(17)28-20-11-21(27-13-26-20)32-19-9-10-25-12-18(19)14(2)29-32/h5-13H,4H2,1-3H3,(H,26,27,28,30). The normalized spacial score (nSPS) is 11.2. The van der Waals surface area contributed by atoms with Crippen molar-refractivity contribution in [3.8, 4) is 17.1 Å². The number of halogens is 1. The molecular weight excluding hydrogens is 407 g/mol. The molecule has 0 spiro atoms. The van der Waals surface area contributed by atoms with Crippen LogP contribution >= 0.6 is 0 Å². The smallest absolute Gasteiger partial charge is 0.159 e. The third-order valence-corrected chi connectivity index (χ3v) is 5.40. The molecule has 0 fully saturated rings. The number of pyridine rings is 1. The molecule has 0 aliphatic heterocycles. The topological polar surface area (TPSA) is 86.3 Å². The number of anilines is 2. The highest BCUT2D eigenvalue weighted by atomic mass is 19.1. The molecule has 0 aliphatic rings. The summed E-state index contributed by atoms with van der Waals surface area (Å²) in [4.78, 5) is 13.0. The summed E-state index contributed by atoms with van der Waals surface area (Å²) in [7, 11) is 1.88. The molecule has 0 saturated carbocycles. The minimum absolute atomic E-state index is 0.266. The highest BCUT2D eigenvalue weighted by Gasteiger charge is 2.18. The van der Waals surface area contributed by atoms with Gasteiger partial charge < -0.3 is 5.32 Å². The van der Waals surface area contributed by atoms with Gasteiger partial charge in [0.15, 0.2) is 11.6 Å². The molecule has 8 nitrogen and oxygen atoms in total. The monoisotopic (exact) mass is 428 g/mol. The minimum atomic E-state index is -0.266. The SMILES string of the molecule is CCc1c(Nc2cc(-n3nc(C)c4cnccc43)ncn2)nn(C)c1-c1ccc(F)cc1. The number of aryl methyl sites for hydroxylation is 2. The van der Waals surface area contributed by atoms with E-state index >= 15 is 0 Å². The Balaban J connectivity index is 1.53. The van der Waals surface area contributed by atoms with Crippen LogP contribution in [0.5, 0.6) is 0 Å². The van der Waals surface area contributed by atoms with Crippen molar-refractivity contribution in [2.45, 2.75) is 20.3 Å². The second-order valence-electron chi connectivity index (χ2n) is 7.44. The van der Waals surface area contributed by atoms with Crippen molar-refractivity contribution < 1.29 is 4.39 Å². The molecule has 1 aromatic carbocycles. The van der Waals surface area contributed by atoms with E-state index in [0.29, 0.717) is 17.5 Å². The van der Waals surface area contributed by atoms with E-state index in [0.717, 1.165) is 39.8 Å². The molecular formula is C23H21FN8. The van der Waals surface area contributed by atoms with Gasteiger partial charge in [0, 0.05) is 42.0 Å². The Morgan fingerprint density at radius 2 is 1.88 bits per heavy atom. The molecule has 1 N–H and O–H groups in total. The first-order valence-corrected chi connectivity index (χ1v) is 10.3. The molecule has 0 bridgehead atoms. The van der Waals surface area contributed by atoms with Gasteiger partial charge in [-0.3, -0.25) is 9.67 Å². The van der Waals surface area contributed by atoms with E-state index in [1.165, 1.54) is 18.5 Å². The van der Waals surface area contributed by atoms with E-state index < -0.39 is 0 Å². The van der Waals surface area contributed by atoms with Crippen molar-refractivity contribution >= 4 is 22.5 Å². The Bertz CT molecular complexity index is 1420. The second-order valence-corrected chi connectivity index (χ2v) is 7.44. The zero-order valence-corrected chi connectivity index (χ0v) is 17.9. The van der Waals surface area contributed by atoms with Gasteiger partial charge in [-0.05, 0) is 43.7 Å². The fourth-order valence-corrected chi connectivity index (χ4v) is 3.91. The minimum Gasteiger partial charge on any atom is -0.323 e. The van der Waals surface area contributed by atoms with Gasteiger partial charge in [-0.1, -0.05) is 6.92 Å². The number of hydrogen-bond donors (Lipinski definition) is 1. The fraction of sp³-hybridized carbons (Fsp3) is 0.174. The molecule has 32 heavy (non-hydrogen) atoms. The van der Waals surface area contributed by atoms with Crippen LogP contribution in [0.1, 0.15) is 18.2 Å². The first kappa shape index (κ1) is 19.8. The maximum absolute atomic E-state index is 13.4. The van der Waals surface area contributed by atoms with Crippen molar-refractivity contribution in [1.82, 2.24) is 34.5 Å². The van der Waals surface area contributed by atoms with Gasteiger partial charge in [0.1, 0.15) is 18.0 Å². The van der Waals surface area contributed by atoms with Crippen molar-refractivity contribution in [3.05, 3.63) is 72.2 Å². The molecule has 0 saturated heterocycles. The van der Waals surface area contributed by atoms with Crippen molar-refractivity contribution in [3.63, 3.8) is 0 Å². The molecule has 5 aromatic rings. The van der Waals surface area contributed by atoms with E-state index in [-0.39, 0.29) is 5.82 Å². The van der Waals surface area contributed by atoms with Crippen LogP contribution < -0.4 is 5.32 Å². The summed E-state index contributed by atoms with van der Waals surface area (Å²) < 4.78 is 17.0. The van der Waals surface area contributed by atoms with E-state index in [4.69, 9.17) is 0 Å². The van der Waals surface area contributed by atoms with Crippen LogP contribution in [0.15, 0.2) is 55.1 Å². The Labute approximate surface area is 183 Å². The number of nitrogens with one attached hydrogen (secondary N) is 1. The van der Waals surface area contributed by atoms with Crippen LogP contribution in [0.4, 0.5) is 16.0 Å². The first-order chi connectivity index (χ1) is 15.5. The van der Waals surface area contributed by atoms with Crippen molar-refractivity contribution in [1.29, 1.82) is 0 Å². The molecule has 0 radical (unpaired) electrons. The van der Waals surface area contributed by atoms with Crippen molar-refractivity contribution in [2.75, 3.05) is 5.32 Å². The molecule has 160 valence electrons. The van der Waals surface area contributed by atoms with Crippen LogP contribution in [0.3, 0.4) is 0 Å². The predicted octanol–water partition coefficient (Wildman–Crippen LogP) is 4.36. The highest BCUT2D eigenvalue weighted by Crippen LogP contribution is 2.31. The Morgan fingerprint density at radius 1 is 1.06 bits per heavy atom. The average molecular weight is 428 g/mol. The lowest BCUT2D eigenvalue weighted by Gasteiger charge is -2.08. The second kappa shape index (κ2) is 7.84. The number of fused-ring (bicyclic) bond motifs is 1. The first-order valence-electron chi connectivity index (χ1n) is 10.3. The number of hydrogen-bond acceptors (Lipinski definition) is 6. The average Bonchev–Trinajstić information content (AvgIpc) is 3.31. The zero-order chi connectivity index (χ0) is 22.2. The molecule has 0 amide bonds. The number of benzene rings is 1. The quantitative estimate of drug-likeness (QED) is 0.448. The van der Waals surface area contributed by atoms with Gasteiger partial charge in [-0.25, -0.2) is 19.0 Å². The molecule has 5 rings (SSSR count). The van der Waals surface area contributed by atoms with Gasteiger partial charge in [0.25, 0.3) is 0 Å². The Morgan fingerprint density at radius 3 is 2.66 bits per heavy atom. The third-order valence-electron chi connectivity index (χ3n) is 5.40. The lowest BCUT2D eigenvalue weighted by atomic mass is 10.1. The lowest BCUT2D eigenvalue weighted by Crippen LogP contribution is -2.03. The van der Waals surface area contributed by atoms with Gasteiger partial charge in [-0.15, -0.1) is 0 Å². The molecule has 4 aromatic heterocycles. The summed E-state index contributed by atoms with van der Waals surface area (Å²) in [6.07, 6.45) is 5.78. The molecule has 0 unspecified atom stereocenters. The summed E-state index contributed by atoms with van der Waals surface area (Å²) in [5.41, 5.74) is 4.66. The molecule has 9 heteroatoms. The maximum Gasteiger partial charge on any atom is 0.159 e. The van der Waals surface area contributed by atoms with Gasteiger partial charge in [0.2, 0.25) is 0 Å². The third kappa shape index (κ3) is 3.37. The summed E-state index contributed by atoms with van der Waals surface area (Å²) in [5, 5.41) is 13.6. The summed E-state index contributed by atoms with van der Waals surface area (Å²) in [6.45, 7) is 4.01. The summed E-state index contributed by atoms with van der Waals surface area (Å²) >= 11 is 0. The van der Waals surface area contributed by atoms with Crippen LogP contribution in [0.2, 0.25) is 0 Å². The largest absolute Gasteiger partial charge is 0.323 e. The molecule has 0 aliphatic carbocycles. The summed E-state index contributed by atoms with van der Waals surface area (Å²) in [6, 6.07) is 10.2. The van der Waals surface area contributed by atoms with E-state index in [1.54, 1.807) is 33.9 Å². The van der Waals surface area contributed by atoms with E-state index in [2.05, 4.69) is 37.4 Å². The number of aromatic nitrogens is 7. The fourth-order valence-electron chi connectivity index (χ4n) is 3.91. The molecule has 4 heterocycles. The van der Waals surface area contributed by atoms with Crippen LogP contribution in [-0.4, -0.2) is 34.5 Å². The zero-order valence-electron chi connectivity index (χ0n) is 17.9. The number of nitrogens with zero attached hydrogens (tertiary/aromatic N) is 7. The van der Waals surface area contributed by atoms with Gasteiger partial charge >= 0.3 is 0 Å². The van der Waals surface area contributed by atoms with Crippen LogP contribution in [0.25, 0.3) is 28.0 Å². The van der Waals surface area contributed by atoms with Crippen LogP contribution in [-0.2, 0) is 13.5 Å². The van der Waals surface area contributed by atoms with E-state index in [9.17, 15) is 4.39 Å². The van der Waals surface area contributed by atoms with E-state index in [1.807, 2.05) is 26.1 Å². The van der Waals surface area contributed by atoms with Gasteiger partial charge in [0.05, 0.1) is 16.9 Å². The predicted molar refractivity (Wildman–Crippen MR) is 120 cm³/mol. The lowest BCUT2D eigenvalue weighted by molar-refractivity contribution is 0.628. The molecule has 0 atom stereocenters. The highest BCUT2D eigenvalue weighted by molar-refractivity contribution is 5.82. The van der Waals surface area contributed by atoms with Gasteiger partial charge in [-0.2, -0.15) is 10.2 Å².